The molecule has 0 aliphatic carbocycles. The van der Waals surface area contributed by atoms with Crippen molar-refractivity contribution in [2.75, 3.05) is 19.6 Å². The Labute approximate surface area is 86.2 Å². The standard InChI is InChI=1S/C11H19N3/c1-3-5-6-11(13-7-4-2)14-9-8-12-10-14/h3-4,10-11,13H,1-2,5-9H2. The zero-order valence-corrected chi connectivity index (χ0v) is 8.65. The number of rotatable bonds is 7. The molecule has 0 saturated carbocycles. The maximum absolute atomic E-state index is 4.21. The first-order valence-electron chi connectivity index (χ1n) is 5.09. The number of hydrogen-bond acceptors (Lipinski definition) is 3. The highest BCUT2D eigenvalue weighted by molar-refractivity contribution is 5.57. The van der Waals surface area contributed by atoms with Crippen LogP contribution in [0, 0.1) is 0 Å². The van der Waals surface area contributed by atoms with Gasteiger partial charge in [-0.1, -0.05) is 12.2 Å². The van der Waals surface area contributed by atoms with Crippen LogP contribution in [0.15, 0.2) is 30.3 Å². The molecule has 0 fully saturated rings. The third-order valence-electron chi connectivity index (χ3n) is 2.26. The molecule has 1 aliphatic heterocycles. The van der Waals surface area contributed by atoms with Gasteiger partial charge in [-0.05, 0) is 12.8 Å². The fourth-order valence-electron chi connectivity index (χ4n) is 1.51. The molecule has 0 bridgehead atoms. The molecule has 0 aromatic rings. The van der Waals surface area contributed by atoms with Crippen molar-refractivity contribution in [3.63, 3.8) is 0 Å². The van der Waals surface area contributed by atoms with Gasteiger partial charge in [0.15, 0.2) is 0 Å². The fourth-order valence-corrected chi connectivity index (χ4v) is 1.51. The van der Waals surface area contributed by atoms with Crippen molar-refractivity contribution in [2.24, 2.45) is 4.99 Å². The van der Waals surface area contributed by atoms with Gasteiger partial charge in [0, 0.05) is 13.1 Å². The van der Waals surface area contributed by atoms with E-state index in [-0.39, 0.29) is 0 Å². The van der Waals surface area contributed by atoms with Gasteiger partial charge < -0.3 is 4.90 Å². The van der Waals surface area contributed by atoms with E-state index in [1.165, 1.54) is 0 Å². The van der Waals surface area contributed by atoms with Crippen molar-refractivity contribution >= 4 is 6.34 Å². The van der Waals surface area contributed by atoms with Crippen molar-refractivity contribution in [1.82, 2.24) is 10.2 Å². The van der Waals surface area contributed by atoms with Crippen LogP contribution in [0.1, 0.15) is 12.8 Å². The van der Waals surface area contributed by atoms with E-state index >= 15 is 0 Å². The Kier molecular flexibility index (Phi) is 5.00. The van der Waals surface area contributed by atoms with Crippen molar-refractivity contribution in [3.8, 4) is 0 Å². The molecule has 3 nitrogen and oxygen atoms in total. The summed E-state index contributed by atoms with van der Waals surface area (Å²) in [5.41, 5.74) is 0. The van der Waals surface area contributed by atoms with Crippen LogP contribution in [0.25, 0.3) is 0 Å². The monoisotopic (exact) mass is 193 g/mol. The second kappa shape index (κ2) is 6.38. The number of allylic oxidation sites excluding steroid dienone is 1. The maximum Gasteiger partial charge on any atom is 0.0863 e. The quantitative estimate of drug-likeness (QED) is 0.619. The first-order chi connectivity index (χ1) is 6.88. The van der Waals surface area contributed by atoms with E-state index in [4.69, 9.17) is 0 Å². The predicted octanol–water partition coefficient (Wildman–Crippen LogP) is 1.40. The molecule has 3 heteroatoms. The van der Waals surface area contributed by atoms with E-state index in [9.17, 15) is 0 Å². The van der Waals surface area contributed by atoms with Crippen molar-refractivity contribution in [2.45, 2.75) is 19.0 Å². The third-order valence-corrected chi connectivity index (χ3v) is 2.26. The molecule has 0 radical (unpaired) electrons. The molecule has 14 heavy (non-hydrogen) atoms. The molecule has 1 atom stereocenters. The molecule has 1 N–H and O–H groups in total. The van der Waals surface area contributed by atoms with Crippen LogP contribution >= 0.6 is 0 Å². The molecule has 1 aliphatic rings. The minimum atomic E-state index is 0.372. The average molecular weight is 193 g/mol. The molecule has 0 aromatic carbocycles. The molecule has 78 valence electrons. The highest BCUT2D eigenvalue weighted by atomic mass is 15.3. The molecule has 0 saturated heterocycles. The Balaban J connectivity index is 2.37. The Morgan fingerprint density at radius 2 is 2.36 bits per heavy atom. The van der Waals surface area contributed by atoms with E-state index in [1.54, 1.807) is 0 Å². The molecule has 0 aromatic heterocycles. The van der Waals surface area contributed by atoms with Gasteiger partial charge in [-0.3, -0.25) is 10.3 Å². The Morgan fingerprint density at radius 3 is 2.93 bits per heavy atom. The predicted molar refractivity (Wildman–Crippen MR) is 61.5 cm³/mol. The van der Waals surface area contributed by atoms with Gasteiger partial charge in [-0.15, -0.1) is 13.2 Å². The van der Waals surface area contributed by atoms with Crippen molar-refractivity contribution < 1.29 is 0 Å². The van der Waals surface area contributed by atoms with Gasteiger partial charge in [0.05, 0.1) is 19.0 Å². The molecular formula is C11H19N3. The lowest BCUT2D eigenvalue weighted by atomic mass is 10.2. The Hall–Kier alpha value is -1.09. The van der Waals surface area contributed by atoms with Crippen LogP contribution in [0.3, 0.4) is 0 Å². The summed E-state index contributed by atoms with van der Waals surface area (Å²) in [6.07, 6.45) is 8.24. The minimum Gasteiger partial charge on any atom is -0.346 e. The van der Waals surface area contributed by atoms with E-state index in [0.29, 0.717) is 6.17 Å². The van der Waals surface area contributed by atoms with E-state index in [0.717, 1.165) is 32.5 Å². The van der Waals surface area contributed by atoms with Gasteiger partial charge in [0.1, 0.15) is 0 Å². The number of hydrogen-bond donors (Lipinski definition) is 1. The first kappa shape index (κ1) is 11.0. The highest BCUT2D eigenvalue weighted by Crippen LogP contribution is 2.06. The summed E-state index contributed by atoms with van der Waals surface area (Å²) < 4.78 is 0. The van der Waals surface area contributed by atoms with Crippen LogP contribution in [0.2, 0.25) is 0 Å². The summed E-state index contributed by atoms with van der Waals surface area (Å²) >= 11 is 0. The largest absolute Gasteiger partial charge is 0.346 e. The third kappa shape index (κ3) is 3.34. The number of aliphatic imine (C=N–C) groups is 1. The lowest BCUT2D eigenvalue weighted by molar-refractivity contribution is 0.282. The highest BCUT2D eigenvalue weighted by Gasteiger charge is 2.15. The van der Waals surface area contributed by atoms with Gasteiger partial charge in [0.25, 0.3) is 0 Å². The smallest absolute Gasteiger partial charge is 0.0863 e. The van der Waals surface area contributed by atoms with E-state index in [2.05, 4.69) is 28.4 Å². The normalized spacial score (nSPS) is 17.0. The summed E-state index contributed by atoms with van der Waals surface area (Å²) in [4.78, 5) is 6.45. The van der Waals surface area contributed by atoms with Crippen molar-refractivity contribution in [1.29, 1.82) is 0 Å². The SMILES string of the molecule is C=CCCC(NCC=C)N1C=NCC1. The summed E-state index contributed by atoms with van der Waals surface area (Å²) in [7, 11) is 0. The number of nitrogens with zero attached hydrogens (tertiary/aromatic N) is 2. The van der Waals surface area contributed by atoms with Crippen molar-refractivity contribution in [3.05, 3.63) is 25.3 Å². The fraction of sp³-hybridized carbons (Fsp3) is 0.545. The molecular weight excluding hydrogens is 174 g/mol. The van der Waals surface area contributed by atoms with Crippen LogP contribution < -0.4 is 5.32 Å². The van der Waals surface area contributed by atoms with Gasteiger partial charge in [0.2, 0.25) is 0 Å². The molecule has 0 amide bonds. The van der Waals surface area contributed by atoms with E-state index < -0.39 is 0 Å². The van der Waals surface area contributed by atoms with Gasteiger partial charge in [-0.2, -0.15) is 0 Å². The molecule has 1 heterocycles. The number of nitrogens with one attached hydrogen (secondary N) is 1. The summed E-state index contributed by atoms with van der Waals surface area (Å²) in [6.45, 7) is 10.2. The van der Waals surface area contributed by atoms with Crippen LogP contribution in [0.4, 0.5) is 0 Å². The second-order valence-corrected chi connectivity index (χ2v) is 3.34. The zero-order chi connectivity index (χ0) is 10.2. The topological polar surface area (TPSA) is 27.6 Å². The first-order valence-corrected chi connectivity index (χ1v) is 5.09. The van der Waals surface area contributed by atoms with E-state index in [1.807, 2.05) is 18.5 Å². The van der Waals surface area contributed by atoms with Crippen LogP contribution in [0.5, 0.6) is 0 Å². The minimum absolute atomic E-state index is 0.372. The molecule has 1 rings (SSSR count). The summed E-state index contributed by atoms with van der Waals surface area (Å²) in [5, 5.41) is 3.42. The van der Waals surface area contributed by atoms with Crippen LogP contribution in [-0.4, -0.2) is 37.0 Å². The maximum atomic E-state index is 4.21. The molecule has 0 spiro atoms. The Bertz CT molecular complexity index is 199. The summed E-state index contributed by atoms with van der Waals surface area (Å²) in [5.74, 6) is 0. The lowest BCUT2D eigenvalue weighted by Crippen LogP contribution is -2.44. The average Bonchev–Trinajstić information content (AvgIpc) is 2.71. The lowest BCUT2D eigenvalue weighted by Gasteiger charge is -2.27. The van der Waals surface area contributed by atoms with Gasteiger partial charge in [-0.25, -0.2) is 0 Å². The zero-order valence-electron chi connectivity index (χ0n) is 8.65. The Morgan fingerprint density at radius 1 is 1.50 bits per heavy atom. The molecule has 1 unspecified atom stereocenters. The second-order valence-electron chi connectivity index (χ2n) is 3.34. The van der Waals surface area contributed by atoms with Gasteiger partial charge >= 0.3 is 0 Å². The summed E-state index contributed by atoms with van der Waals surface area (Å²) in [6, 6.07) is 0. The van der Waals surface area contributed by atoms with Crippen LogP contribution in [-0.2, 0) is 0 Å².